The summed E-state index contributed by atoms with van der Waals surface area (Å²) in [6, 6.07) is 15.7. The van der Waals surface area contributed by atoms with Crippen LogP contribution in [-0.4, -0.2) is 66.5 Å². The molecule has 156 valence electrons. The predicted octanol–water partition coefficient (Wildman–Crippen LogP) is 2.06. The predicted molar refractivity (Wildman–Crippen MR) is 114 cm³/mol. The van der Waals surface area contributed by atoms with E-state index in [9.17, 15) is 13.2 Å². The minimum absolute atomic E-state index is 0.224. The maximum absolute atomic E-state index is 12.8. The zero-order valence-electron chi connectivity index (χ0n) is 16.6. The summed E-state index contributed by atoms with van der Waals surface area (Å²) in [5.41, 5.74) is 1.78. The molecule has 1 aliphatic rings. The van der Waals surface area contributed by atoms with E-state index in [1.165, 1.54) is 22.6 Å². The van der Waals surface area contributed by atoms with Crippen LogP contribution in [0.4, 0.5) is 5.69 Å². The number of nitrogens with one attached hydrogen (secondary N) is 1. The number of rotatable bonds is 5. The molecule has 1 aliphatic heterocycles. The summed E-state index contributed by atoms with van der Waals surface area (Å²) in [5, 5.41) is 7.00. The van der Waals surface area contributed by atoms with Crippen molar-refractivity contribution in [3.8, 4) is 5.69 Å². The number of benzene rings is 2. The lowest BCUT2D eigenvalue weighted by atomic mass is 10.3. The molecule has 1 fully saturated rings. The summed E-state index contributed by atoms with van der Waals surface area (Å²) >= 11 is 0. The molecular formula is C21H23N5O3S. The Bertz CT molecular complexity index is 1120. The summed E-state index contributed by atoms with van der Waals surface area (Å²) in [5.74, 6) is -0.313. The normalized spacial score (nSPS) is 15.8. The second kappa shape index (κ2) is 8.39. The van der Waals surface area contributed by atoms with Crippen molar-refractivity contribution in [1.29, 1.82) is 0 Å². The number of hydrogen-bond acceptors (Lipinski definition) is 5. The summed E-state index contributed by atoms with van der Waals surface area (Å²) < 4.78 is 28.7. The van der Waals surface area contributed by atoms with Gasteiger partial charge in [-0.3, -0.25) is 4.79 Å². The molecular weight excluding hydrogens is 402 g/mol. The Morgan fingerprint density at radius 1 is 0.967 bits per heavy atom. The fourth-order valence-electron chi connectivity index (χ4n) is 3.25. The van der Waals surface area contributed by atoms with Crippen molar-refractivity contribution in [1.82, 2.24) is 19.0 Å². The van der Waals surface area contributed by atoms with Crippen LogP contribution in [-0.2, 0) is 10.0 Å². The molecule has 2 heterocycles. The second-order valence-corrected chi connectivity index (χ2v) is 9.13. The number of nitrogens with zero attached hydrogens (tertiary/aromatic N) is 4. The number of carbonyl (C=O) groups is 1. The van der Waals surface area contributed by atoms with Crippen molar-refractivity contribution >= 4 is 21.6 Å². The van der Waals surface area contributed by atoms with Gasteiger partial charge in [-0.1, -0.05) is 18.2 Å². The Morgan fingerprint density at radius 2 is 1.63 bits per heavy atom. The molecule has 0 radical (unpaired) electrons. The minimum atomic E-state index is -3.53. The summed E-state index contributed by atoms with van der Waals surface area (Å²) in [7, 11) is -1.55. The number of carbonyl (C=O) groups excluding carboxylic acids is 1. The SMILES string of the molecule is CN1CCN(S(=O)(=O)c2ccc(NC(=O)c3cnn(-c4ccccc4)c3)cc2)CC1. The monoisotopic (exact) mass is 425 g/mol. The number of hydrogen-bond donors (Lipinski definition) is 1. The van der Waals surface area contributed by atoms with Gasteiger partial charge in [-0.2, -0.15) is 9.40 Å². The molecule has 0 saturated carbocycles. The molecule has 1 aromatic heterocycles. The summed E-state index contributed by atoms with van der Waals surface area (Å²) in [4.78, 5) is 14.8. The zero-order valence-corrected chi connectivity index (χ0v) is 17.4. The topological polar surface area (TPSA) is 87.5 Å². The Balaban J connectivity index is 1.43. The number of sulfonamides is 1. The van der Waals surface area contributed by atoms with Gasteiger partial charge in [0, 0.05) is 38.1 Å². The van der Waals surface area contributed by atoms with Crippen molar-refractivity contribution in [3.63, 3.8) is 0 Å². The van der Waals surface area contributed by atoms with Gasteiger partial charge in [-0.15, -0.1) is 0 Å². The van der Waals surface area contributed by atoms with Crippen LogP contribution in [0.2, 0.25) is 0 Å². The number of amides is 1. The number of piperazine rings is 1. The smallest absolute Gasteiger partial charge is 0.258 e. The Kier molecular flexibility index (Phi) is 5.67. The van der Waals surface area contributed by atoms with Gasteiger partial charge in [0.2, 0.25) is 10.0 Å². The average molecular weight is 426 g/mol. The van der Waals surface area contributed by atoms with Crippen molar-refractivity contribution in [2.24, 2.45) is 0 Å². The van der Waals surface area contributed by atoms with E-state index in [2.05, 4.69) is 15.3 Å². The van der Waals surface area contributed by atoms with Crippen molar-refractivity contribution in [3.05, 3.63) is 72.6 Å². The fraction of sp³-hybridized carbons (Fsp3) is 0.238. The molecule has 1 N–H and O–H groups in total. The van der Waals surface area contributed by atoms with Crippen molar-refractivity contribution in [2.45, 2.75) is 4.90 Å². The standard InChI is InChI=1S/C21H23N5O3S/c1-24-11-13-25(14-12-24)30(28,29)20-9-7-18(8-10-20)23-21(27)17-15-22-26(16-17)19-5-3-2-4-6-19/h2-10,15-16H,11-14H2,1H3,(H,23,27). The van der Waals surface area contributed by atoms with E-state index < -0.39 is 10.0 Å². The molecule has 3 aromatic rings. The highest BCUT2D eigenvalue weighted by Gasteiger charge is 2.27. The highest BCUT2D eigenvalue weighted by atomic mass is 32.2. The fourth-order valence-corrected chi connectivity index (χ4v) is 4.68. The van der Waals surface area contributed by atoms with Crippen molar-refractivity contribution in [2.75, 3.05) is 38.5 Å². The molecule has 0 atom stereocenters. The average Bonchev–Trinajstić information content (AvgIpc) is 3.26. The highest BCUT2D eigenvalue weighted by molar-refractivity contribution is 7.89. The number of anilines is 1. The number of para-hydroxylation sites is 1. The lowest BCUT2D eigenvalue weighted by Gasteiger charge is -2.31. The molecule has 9 heteroatoms. The van der Waals surface area contributed by atoms with Crippen LogP contribution in [0.5, 0.6) is 0 Å². The molecule has 8 nitrogen and oxygen atoms in total. The van der Waals surface area contributed by atoms with Gasteiger partial charge < -0.3 is 10.2 Å². The highest BCUT2D eigenvalue weighted by Crippen LogP contribution is 2.20. The van der Waals surface area contributed by atoms with Crippen LogP contribution >= 0.6 is 0 Å². The molecule has 30 heavy (non-hydrogen) atoms. The van der Waals surface area contributed by atoms with Gasteiger partial charge in [0.15, 0.2) is 0 Å². The van der Waals surface area contributed by atoms with Crippen LogP contribution in [0.15, 0.2) is 71.9 Å². The quantitative estimate of drug-likeness (QED) is 0.676. The van der Waals surface area contributed by atoms with Gasteiger partial charge >= 0.3 is 0 Å². The first-order valence-electron chi connectivity index (χ1n) is 9.64. The largest absolute Gasteiger partial charge is 0.322 e. The lowest BCUT2D eigenvalue weighted by molar-refractivity contribution is 0.102. The van der Waals surface area contributed by atoms with Crippen LogP contribution in [0.25, 0.3) is 5.69 Å². The third kappa shape index (κ3) is 4.28. The van der Waals surface area contributed by atoms with Gasteiger partial charge in [0.25, 0.3) is 5.91 Å². The van der Waals surface area contributed by atoms with E-state index in [-0.39, 0.29) is 10.8 Å². The zero-order chi connectivity index (χ0) is 21.1. The number of likely N-dealkylation sites (N-methyl/N-ethyl adjacent to an activating group) is 1. The Labute approximate surface area is 175 Å². The molecule has 1 amide bonds. The van der Waals surface area contributed by atoms with E-state index >= 15 is 0 Å². The lowest BCUT2D eigenvalue weighted by Crippen LogP contribution is -2.46. The first-order valence-corrected chi connectivity index (χ1v) is 11.1. The molecule has 4 rings (SSSR count). The molecule has 0 spiro atoms. The molecule has 0 aliphatic carbocycles. The maximum Gasteiger partial charge on any atom is 0.258 e. The second-order valence-electron chi connectivity index (χ2n) is 7.19. The Hall–Kier alpha value is -3.01. The summed E-state index contributed by atoms with van der Waals surface area (Å²) in [6.45, 7) is 2.37. The van der Waals surface area contributed by atoms with Gasteiger partial charge in [-0.05, 0) is 43.4 Å². The van der Waals surface area contributed by atoms with Crippen LogP contribution in [0.3, 0.4) is 0 Å². The molecule has 0 unspecified atom stereocenters. The van der Waals surface area contributed by atoms with E-state index in [0.29, 0.717) is 37.4 Å². The van der Waals surface area contributed by atoms with Gasteiger partial charge in [0.05, 0.1) is 22.3 Å². The minimum Gasteiger partial charge on any atom is -0.322 e. The van der Waals surface area contributed by atoms with E-state index in [4.69, 9.17) is 0 Å². The van der Waals surface area contributed by atoms with Crippen LogP contribution in [0, 0.1) is 0 Å². The molecule has 1 saturated heterocycles. The molecule has 2 aromatic carbocycles. The van der Waals surface area contributed by atoms with E-state index in [1.807, 2.05) is 37.4 Å². The first-order chi connectivity index (χ1) is 14.4. The third-order valence-electron chi connectivity index (χ3n) is 5.08. The van der Waals surface area contributed by atoms with Crippen LogP contribution in [0.1, 0.15) is 10.4 Å². The van der Waals surface area contributed by atoms with Crippen LogP contribution < -0.4 is 5.32 Å². The Morgan fingerprint density at radius 3 is 2.30 bits per heavy atom. The molecule has 0 bridgehead atoms. The van der Waals surface area contributed by atoms with E-state index in [1.54, 1.807) is 23.0 Å². The first kappa shape index (κ1) is 20.3. The van der Waals surface area contributed by atoms with E-state index in [0.717, 1.165) is 5.69 Å². The maximum atomic E-state index is 12.8. The van der Waals surface area contributed by atoms with Crippen molar-refractivity contribution < 1.29 is 13.2 Å². The van der Waals surface area contributed by atoms with Gasteiger partial charge in [-0.25, -0.2) is 13.1 Å². The number of aromatic nitrogens is 2. The van der Waals surface area contributed by atoms with Gasteiger partial charge in [0.1, 0.15) is 0 Å². The third-order valence-corrected chi connectivity index (χ3v) is 6.99. The summed E-state index contributed by atoms with van der Waals surface area (Å²) in [6.07, 6.45) is 3.14.